The first-order valence-electron chi connectivity index (χ1n) is 9.26. The Morgan fingerprint density at radius 3 is 2.36 bits per heavy atom. The second-order valence-corrected chi connectivity index (χ2v) is 6.85. The third kappa shape index (κ3) is 5.76. The zero-order chi connectivity index (χ0) is 19.0. The predicted octanol–water partition coefficient (Wildman–Crippen LogP) is 2.49. The van der Waals surface area contributed by atoms with Crippen molar-refractivity contribution in [2.75, 3.05) is 17.2 Å². The van der Waals surface area contributed by atoms with Gasteiger partial charge in [-0.2, -0.15) is 0 Å². The van der Waals surface area contributed by atoms with Crippen molar-refractivity contribution in [1.82, 2.24) is 9.55 Å². The van der Waals surface area contributed by atoms with Crippen LogP contribution in [0.15, 0.2) is 9.59 Å². The van der Waals surface area contributed by atoms with E-state index in [0.717, 1.165) is 32.1 Å². The van der Waals surface area contributed by atoms with Gasteiger partial charge in [0.05, 0.1) is 0 Å². The van der Waals surface area contributed by atoms with E-state index in [9.17, 15) is 14.4 Å². The summed E-state index contributed by atoms with van der Waals surface area (Å²) in [5, 5.41) is 0. The van der Waals surface area contributed by atoms with Crippen LogP contribution in [0, 0.1) is 5.92 Å². The van der Waals surface area contributed by atoms with Crippen LogP contribution in [0.3, 0.4) is 0 Å². The maximum atomic E-state index is 12.7. The van der Waals surface area contributed by atoms with Gasteiger partial charge in [-0.15, -0.1) is 0 Å². The summed E-state index contributed by atoms with van der Waals surface area (Å²) in [5.74, 6) is 0.118. The summed E-state index contributed by atoms with van der Waals surface area (Å²) in [6.07, 6.45) is 4.75. The number of anilines is 2. The van der Waals surface area contributed by atoms with Gasteiger partial charge < -0.3 is 10.6 Å². The van der Waals surface area contributed by atoms with Crippen LogP contribution in [0.4, 0.5) is 11.5 Å². The van der Waals surface area contributed by atoms with Gasteiger partial charge in [-0.25, -0.2) is 4.79 Å². The van der Waals surface area contributed by atoms with E-state index in [0.29, 0.717) is 19.5 Å². The molecule has 0 saturated carbocycles. The van der Waals surface area contributed by atoms with Crippen LogP contribution >= 0.6 is 0 Å². The van der Waals surface area contributed by atoms with Crippen molar-refractivity contribution < 1.29 is 4.79 Å². The average molecular weight is 352 g/mol. The molecular weight excluding hydrogens is 320 g/mol. The number of aromatic amines is 1. The summed E-state index contributed by atoms with van der Waals surface area (Å²) in [6, 6.07) is 0. The number of aromatic nitrogens is 2. The number of nitrogen functional groups attached to an aromatic ring is 1. The van der Waals surface area contributed by atoms with Gasteiger partial charge in [0.1, 0.15) is 5.82 Å². The van der Waals surface area contributed by atoms with Crippen molar-refractivity contribution in [2.45, 2.75) is 72.8 Å². The lowest BCUT2D eigenvalue weighted by Gasteiger charge is -2.25. The van der Waals surface area contributed by atoms with E-state index in [2.05, 4.69) is 11.9 Å². The number of hydrogen-bond donors (Lipinski definition) is 2. The molecule has 0 saturated heterocycles. The van der Waals surface area contributed by atoms with Gasteiger partial charge in [-0.1, -0.05) is 47.0 Å². The number of rotatable bonds is 10. The molecule has 0 spiro atoms. The number of carbonyl (C=O) groups is 1. The smallest absolute Gasteiger partial charge is 0.330 e. The Bertz CT molecular complexity index is 676. The summed E-state index contributed by atoms with van der Waals surface area (Å²) in [4.78, 5) is 41.0. The molecule has 25 heavy (non-hydrogen) atoms. The van der Waals surface area contributed by atoms with Crippen LogP contribution in [-0.2, 0) is 11.3 Å². The second kappa shape index (κ2) is 10.1. The highest BCUT2D eigenvalue weighted by Crippen LogP contribution is 2.20. The lowest BCUT2D eigenvalue weighted by molar-refractivity contribution is -0.119. The molecule has 1 rings (SSSR count). The molecule has 1 aromatic rings. The maximum Gasteiger partial charge on any atom is 0.330 e. The molecule has 0 unspecified atom stereocenters. The molecule has 142 valence electrons. The first-order valence-corrected chi connectivity index (χ1v) is 9.26. The van der Waals surface area contributed by atoms with Gasteiger partial charge in [-0.3, -0.25) is 19.1 Å². The highest BCUT2D eigenvalue weighted by molar-refractivity contribution is 5.95. The number of nitrogens with two attached hydrogens (primary N) is 1. The van der Waals surface area contributed by atoms with Crippen LogP contribution < -0.4 is 21.9 Å². The van der Waals surface area contributed by atoms with E-state index < -0.39 is 11.2 Å². The highest BCUT2D eigenvalue weighted by Gasteiger charge is 2.24. The van der Waals surface area contributed by atoms with Crippen LogP contribution in [0.5, 0.6) is 0 Å². The Kier molecular flexibility index (Phi) is 8.45. The molecule has 0 fully saturated rings. The zero-order valence-electron chi connectivity index (χ0n) is 15.9. The van der Waals surface area contributed by atoms with Gasteiger partial charge in [-0.05, 0) is 18.8 Å². The zero-order valence-corrected chi connectivity index (χ0v) is 15.9. The number of nitrogens with zero attached hydrogens (tertiary/aromatic N) is 2. The summed E-state index contributed by atoms with van der Waals surface area (Å²) >= 11 is 0. The molecule has 0 aliphatic carbocycles. The van der Waals surface area contributed by atoms with E-state index in [4.69, 9.17) is 5.73 Å². The Morgan fingerprint density at radius 2 is 1.80 bits per heavy atom. The molecule has 0 radical (unpaired) electrons. The van der Waals surface area contributed by atoms with Crippen LogP contribution in [0.25, 0.3) is 0 Å². The minimum atomic E-state index is -0.594. The largest absolute Gasteiger partial charge is 0.383 e. The second-order valence-electron chi connectivity index (χ2n) is 6.85. The number of unbranched alkanes of at least 4 members (excludes halogenated alkanes) is 3. The molecule has 0 bridgehead atoms. The first-order chi connectivity index (χ1) is 11.8. The lowest BCUT2D eigenvalue weighted by Crippen LogP contribution is -2.42. The number of H-pyrrole nitrogens is 1. The molecule has 0 aliphatic heterocycles. The van der Waals surface area contributed by atoms with Gasteiger partial charge in [0.2, 0.25) is 5.91 Å². The fourth-order valence-corrected chi connectivity index (χ4v) is 2.72. The minimum Gasteiger partial charge on any atom is -0.383 e. The predicted molar refractivity (Wildman–Crippen MR) is 102 cm³/mol. The van der Waals surface area contributed by atoms with Crippen molar-refractivity contribution in [3.05, 3.63) is 20.8 Å². The number of hydrogen-bond acceptors (Lipinski definition) is 4. The van der Waals surface area contributed by atoms with Gasteiger partial charge in [0.15, 0.2) is 5.69 Å². The lowest BCUT2D eigenvalue weighted by atomic mass is 10.1. The molecule has 7 heteroatoms. The summed E-state index contributed by atoms with van der Waals surface area (Å²) < 4.78 is 1.36. The molecule has 1 heterocycles. The highest BCUT2D eigenvalue weighted by atomic mass is 16.2. The van der Waals surface area contributed by atoms with Crippen LogP contribution in [-0.4, -0.2) is 22.0 Å². The third-order valence-corrected chi connectivity index (χ3v) is 4.09. The monoisotopic (exact) mass is 352 g/mol. The van der Waals surface area contributed by atoms with Crippen LogP contribution in [0.2, 0.25) is 0 Å². The Hall–Kier alpha value is -2.05. The summed E-state index contributed by atoms with van der Waals surface area (Å²) in [6.45, 7) is 8.85. The Balaban J connectivity index is 3.33. The fourth-order valence-electron chi connectivity index (χ4n) is 2.72. The van der Waals surface area contributed by atoms with Crippen molar-refractivity contribution in [3.63, 3.8) is 0 Å². The van der Waals surface area contributed by atoms with Crippen LogP contribution in [0.1, 0.15) is 66.2 Å². The Labute approximate surface area is 149 Å². The van der Waals surface area contributed by atoms with Gasteiger partial charge in [0.25, 0.3) is 5.56 Å². The third-order valence-electron chi connectivity index (χ3n) is 4.09. The van der Waals surface area contributed by atoms with E-state index in [1.54, 1.807) is 0 Å². The molecule has 1 aromatic heterocycles. The summed E-state index contributed by atoms with van der Waals surface area (Å²) in [7, 11) is 0. The van der Waals surface area contributed by atoms with Crippen molar-refractivity contribution in [3.8, 4) is 0 Å². The SMILES string of the molecule is CCCCCN(C(=O)CC(C)C)c1c(N)n(CCCC)c(=O)[nH]c1=O. The standard InChI is InChI=1S/C18H32N4O3/c1-5-7-9-11-21(14(23)12-13(3)4)15-16(19)22(10-8-6-2)18(25)20-17(15)24/h13H,5-12,19H2,1-4H3,(H,20,24,25). The topological polar surface area (TPSA) is 101 Å². The van der Waals surface area contributed by atoms with Gasteiger partial charge in [0, 0.05) is 19.5 Å². The quantitative estimate of drug-likeness (QED) is 0.632. The molecular formula is C18H32N4O3. The maximum absolute atomic E-state index is 12.7. The molecule has 0 aliphatic rings. The number of nitrogens with one attached hydrogen (secondary N) is 1. The fraction of sp³-hybridized carbons (Fsp3) is 0.722. The first kappa shape index (κ1) is 21.0. The van der Waals surface area contributed by atoms with E-state index in [1.807, 2.05) is 20.8 Å². The molecule has 3 N–H and O–H groups in total. The van der Waals surface area contributed by atoms with E-state index in [-0.39, 0.29) is 23.3 Å². The molecule has 0 aromatic carbocycles. The van der Waals surface area contributed by atoms with Crippen molar-refractivity contribution in [2.24, 2.45) is 5.92 Å². The van der Waals surface area contributed by atoms with Gasteiger partial charge >= 0.3 is 5.69 Å². The van der Waals surface area contributed by atoms with E-state index >= 15 is 0 Å². The van der Waals surface area contributed by atoms with Crippen molar-refractivity contribution >= 4 is 17.4 Å². The average Bonchev–Trinajstić information content (AvgIpc) is 2.52. The summed E-state index contributed by atoms with van der Waals surface area (Å²) in [5.41, 5.74) is 5.14. The van der Waals surface area contributed by atoms with E-state index in [1.165, 1.54) is 9.47 Å². The van der Waals surface area contributed by atoms with Crippen molar-refractivity contribution in [1.29, 1.82) is 0 Å². The molecule has 7 nitrogen and oxygen atoms in total. The molecule has 1 amide bonds. The minimum absolute atomic E-state index is 0.0794. The molecule has 0 atom stereocenters. The normalized spacial score (nSPS) is 11.1. The number of amides is 1. The Morgan fingerprint density at radius 1 is 1.16 bits per heavy atom. The number of carbonyl (C=O) groups excluding carboxylic acids is 1.